The van der Waals surface area contributed by atoms with Gasteiger partial charge in [0.1, 0.15) is 10.1 Å². The predicted molar refractivity (Wildman–Crippen MR) is 53.8 cm³/mol. The lowest BCUT2D eigenvalue weighted by atomic mass is 10.3. The quantitative estimate of drug-likeness (QED) is 0.733. The number of hydrogen-bond acceptors (Lipinski definition) is 3. The molecule has 0 saturated carbocycles. The molecule has 1 aliphatic heterocycles. The summed E-state index contributed by atoms with van der Waals surface area (Å²) in [5, 5.41) is 7.40. The van der Waals surface area contributed by atoms with E-state index in [2.05, 4.69) is 0 Å². The van der Waals surface area contributed by atoms with E-state index in [1.165, 1.54) is 4.90 Å². The van der Waals surface area contributed by atoms with Gasteiger partial charge >= 0.3 is 5.97 Å². The number of carboxylic acid groups (broad SMARTS) is 1. The lowest BCUT2D eigenvalue weighted by Gasteiger charge is -2.26. The zero-order chi connectivity index (χ0) is 11.4. The number of morpholine rings is 1. The lowest BCUT2D eigenvalue weighted by Crippen LogP contribution is -2.41. The minimum absolute atomic E-state index is 0.388. The van der Waals surface area contributed by atoms with Crippen molar-refractivity contribution in [2.75, 3.05) is 26.3 Å². The first-order valence-corrected chi connectivity index (χ1v) is 4.95. The van der Waals surface area contributed by atoms with Crippen molar-refractivity contribution in [1.29, 1.82) is 0 Å². The average molecular weight is 254 g/mol. The molecule has 0 aliphatic carbocycles. The maximum absolute atomic E-state index is 11.6. The molecular weight excluding hydrogens is 245 g/mol. The van der Waals surface area contributed by atoms with Gasteiger partial charge in [-0.1, -0.05) is 23.2 Å². The van der Waals surface area contributed by atoms with Crippen molar-refractivity contribution in [3.63, 3.8) is 0 Å². The number of aliphatic carboxylic acids is 1. The Morgan fingerprint density at radius 2 is 1.67 bits per heavy atom. The van der Waals surface area contributed by atoms with Crippen molar-refractivity contribution in [3.8, 4) is 0 Å². The number of nitrogens with zero attached hydrogens (tertiary/aromatic N) is 1. The number of amides is 1. The summed E-state index contributed by atoms with van der Waals surface area (Å²) in [4.78, 5) is 23.4. The highest BCUT2D eigenvalue weighted by Crippen LogP contribution is 2.17. The Labute approximate surface area is 96.2 Å². The molecule has 1 saturated heterocycles. The van der Waals surface area contributed by atoms with E-state index < -0.39 is 21.9 Å². The van der Waals surface area contributed by atoms with Crippen LogP contribution in [-0.2, 0) is 14.3 Å². The molecule has 1 fully saturated rings. The molecule has 5 nitrogen and oxygen atoms in total. The molecule has 0 aromatic carbocycles. The lowest BCUT2D eigenvalue weighted by molar-refractivity contribution is -0.134. The van der Waals surface area contributed by atoms with Crippen LogP contribution in [0.2, 0.25) is 0 Å². The summed E-state index contributed by atoms with van der Waals surface area (Å²) in [7, 11) is 0. The maximum atomic E-state index is 11.6. The number of hydrogen-bond donors (Lipinski definition) is 1. The van der Waals surface area contributed by atoms with Gasteiger partial charge in [0.15, 0.2) is 0 Å². The Morgan fingerprint density at radius 3 is 2.13 bits per heavy atom. The summed E-state index contributed by atoms with van der Waals surface area (Å²) in [6, 6.07) is 0. The third-order valence-corrected chi connectivity index (χ3v) is 2.66. The summed E-state index contributed by atoms with van der Waals surface area (Å²) in [5.41, 5.74) is 0. The molecular formula is C8H9Cl2NO4. The van der Waals surface area contributed by atoms with Crippen LogP contribution in [0.4, 0.5) is 0 Å². The van der Waals surface area contributed by atoms with Gasteiger partial charge in [0, 0.05) is 13.1 Å². The Balaban J connectivity index is 2.74. The number of ether oxygens (including phenoxy) is 1. The van der Waals surface area contributed by atoms with E-state index in [9.17, 15) is 9.59 Å². The summed E-state index contributed by atoms with van der Waals surface area (Å²) >= 11 is 10.9. The number of carboxylic acids is 1. The Hall–Kier alpha value is -0.780. The van der Waals surface area contributed by atoms with E-state index in [1.807, 2.05) is 0 Å². The largest absolute Gasteiger partial charge is 0.477 e. The minimum Gasteiger partial charge on any atom is -0.477 e. The molecule has 0 aromatic heterocycles. The molecule has 1 aliphatic rings. The number of rotatable bonds is 2. The molecule has 0 atom stereocenters. The monoisotopic (exact) mass is 253 g/mol. The summed E-state index contributed by atoms with van der Waals surface area (Å²) in [5.74, 6) is -1.99. The van der Waals surface area contributed by atoms with Gasteiger partial charge in [0.05, 0.1) is 13.2 Å². The summed E-state index contributed by atoms with van der Waals surface area (Å²) < 4.78 is 5.04. The van der Waals surface area contributed by atoms with Gasteiger partial charge in [-0.3, -0.25) is 4.79 Å². The van der Waals surface area contributed by atoms with Crippen LogP contribution < -0.4 is 0 Å². The van der Waals surface area contributed by atoms with Crippen LogP contribution in [0.1, 0.15) is 0 Å². The van der Waals surface area contributed by atoms with Gasteiger partial charge in [0.2, 0.25) is 0 Å². The van der Waals surface area contributed by atoms with Gasteiger partial charge < -0.3 is 14.7 Å². The van der Waals surface area contributed by atoms with Crippen molar-refractivity contribution in [2.45, 2.75) is 0 Å². The molecule has 1 heterocycles. The maximum Gasteiger partial charge on any atom is 0.349 e. The Kier molecular flexibility index (Phi) is 4.38. The molecule has 0 unspecified atom stereocenters. The first kappa shape index (κ1) is 12.3. The fraction of sp³-hybridized carbons (Fsp3) is 0.500. The van der Waals surface area contributed by atoms with Crippen LogP contribution >= 0.6 is 23.2 Å². The highest BCUT2D eigenvalue weighted by molar-refractivity contribution is 6.53. The Bertz CT molecular complexity index is 310. The number of carbonyl (C=O) groups excluding carboxylic acids is 1. The molecule has 84 valence electrons. The van der Waals surface area contributed by atoms with Crippen molar-refractivity contribution in [3.05, 3.63) is 10.1 Å². The number of carbonyl (C=O) groups is 2. The summed E-state index contributed by atoms with van der Waals surface area (Å²) in [6.07, 6.45) is 0. The average Bonchev–Trinajstić information content (AvgIpc) is 2.27. The van der Waals surface area contributed by atoms with Crippen LogP contribution in [0.25, 0.3) is 0 Å². The van der Waals surface area contributed by atoms with Crippen molar-refractivity contribution >= 4 is 35.1 Å². The van der Waals surface area contributed by atoms with Gasteiger partial charge in [-0.2, -0.15) is 0 Å². The van der Waals surface area contributed by atoms with Gasteiger partial charge in [-0.15, -0.1) is 0 Å². The van der Waals surface area contributed by atoms with Gasteiger partial charge in [-0.05, 0) is 0 Å². The van der Waals surface area contributed by atoms with Crippen molar-refractivity contribution in [2.24, 2.45) is 0 Å². The molecule has 7 heteroatoms. The smallest absolute Gasteiger partial charge is 0.349 e. The van der Waals surface area contributed by atoms with Gasteiger partial charge in [-0.25, -0.2) is 4.79 Å². The minimum atomic E-state index is -1.41. The van der Waals surface area contributed by atoms with Crippen LogP contribution in [-0.4, -0.2) is 48.2 Å². The molecule has 0 spiro atoms. The third kappa shape index (κ3) is 3.09. The van der Waals surface area contributed by atoms with Crippen LogP contribution in [0, 0.1) is 0 Å². The van der Waals surface area contributed by atoms with Crippen molar-refractivity contribution < 1.29 is 19.4 Å². The van der Waals surface area contributed by atoms with Crippen LogP contribution in [0.5, 0.6) is 0 Å². The van der Waals surface area contributed by atoms with E-state index in [4.69, 9.17) is 33.0 Å². The SMILES string of the molecule is O=C(O)/C(Cl)=C(/Cl)C(=O)N1CCOCC1. The van der Waals surface area contributed by atoms with Crippen LogP contribution in [0.15, 0.2) is 10.1 Å². The molecule has 15 heavy (non-hydrogen) atoms. The van der Waals surface area contributed by atoms with Gasteiger partial charge in [0.25, 0.3) is 5.91 Å². The number of halogens is 2. The molecule has 0 aromatic rings. The topological polar surface area (TPSA) is 66.8 Å². The first-order chi connectivity index (χ1) is 7.04. The van der Waals surface area contributed by atoms with E-state index >= 15 is 0 Å². The normalized spacial score (nSPS) is 18.4. The van der Waals surface area contributed by atoms with E-state index in [0.717, 1.165) is 0 Å². The van der Waals surface area contributed by atoms with Crippen LogP contribution in [0.3, 0.4) is 0 Å². The highest BCUT2D eigenvalue weighted by Gasteiger charge is 2.23. The fourth-order valence-corrected chi connectivity index (χ4v) is 1.37. The second-order valence-electron chi connectivity index (χ2n) is 2.84. The standard InChI is InChI=1S/C8H9Cl2NO4/c9-5(6(10)8(13)14)7(12)11-1-3-15-4-2-11/h1-4H2,(H,13,14)/b6-5-. The van der Waals surface area contributed by atoms with E-state index in [0.29, 0.717) is 26.3 Å². The van der Waals surface area contributed by atoms with E-state index in [1.54, 1.807) is 0 Å². The van der Waals surface area contributed by atoms with Crippen molar-refractivity contribution in [1.82, 2.24) is 4.90 Å². The summed E-state index contributed by atoms with van der Waals surface area (Å²) in [6.45, 7) is 1.61. The fourth-order valence-electron chi connectivity index (χ4n) is 1.09. The first-order valence-electron chi connectivity index (χ1n) is 4.19. The molecule has 0 radical (unpaired) electrons. The Morgan fingerprint density at radius 1 is 1.13 bits per heavy atom. The third-order valence-electron chi connectivity index (χ3n) is 1.87. The molecule has 1 amide bonds. The molecule has 0 bridgehead atoms. The predicted octanol–water partition coefficient (Wildman–Crippen LogP) is 0.619. The second kappa shape index (κ2) is 5.34. The zero-order valence-corrected chi connectivity index (χ0v) is 9.22. The zero-order valence-electron chi connectivity index (χ0n) is 7.70. The van der Waals surface area contributed by atoms with E-state index in [-0.39, 0.29) is 0 Å². The molecule has 1 N–H and O–H groups in total. The highest BCUT2D eigenvalue weighted by atomic mass is 35.5. The second-order valence-corrected chi connectivity index (χ2v) is 3.59. The molecule has 1 rings (SSSR count).